The van der Waals surface area contributed by atoms with Gasteiger partial charge in [0.15, 0.2) is 0 Å². The third-order valence-corrected chi connectivity index (χ3v) is 4.24. The van der Waals surface area contributed by atoms with Crippen LogP contribution in [-0.4, -0.2) is 24.2 Å². The minimum atomic E-state index is -0.925. The molecule has 0 aliphatic heterocycles. The van der Waals surface area contributed by atoms with Crippen LogP contribution in [0, 0.1) is 0 Å². The zero-order valence-corrected chi connectivity index (χ0v) is 12.8. The van der Waals surface area contributed by atoms with Gasteiger partial charge in [-0.05, 0) is 42.8 Å². The molecule has 0 aliphatic carbocycles. The Morgan fingerprint density at radius 3 is 2.52 bits per heavy atom. The van der Waals surface area contributed by atoms with Gasteiger partial charge in [0.05, 0.1) is 5.56 Å². The first-order valence-electron chi connectivity index (χ1n) is 6.93. The Bertz CT molecular complexity index is 577. The van der Waals surface area contributed by atoms with Gasteiger partial charge in [-0.1, -0.05) is 6.92 Å². The second kappa shape index (κ2) is 7.81. The van der Waals surface area contributed by atoms with E-state index in [9.17, 15) is 4.79 Å². The van der Waals surface area contributed by atoms with Gasteiger partial charge in [0.1, 0.15) is 12.4 Å². The van der Waals surface area contributed by atoms with Gasteiger partial charge in [0.2, 0.25) is 0 Å². The summed E-state index contributed by atoms with van der Waals surface area (Å²) in [6, 6.07) is 10.8. The SMILES string of the molecule is CCc1ccc(CNCCOc2ccc(C(=O)O)cc2)s1. The molecule has 5 heteroatoms. The van der Waals surface area contributed by atoms with Crippen LogP contribution in [0.15, 0.2) is 36.4 Å². The van der Waals surface area contributed by atoms with Crippen molar-refractivity contribution in [3.63, 3.8) is 0 Å². The largest absolute Gasteiger partial charge is 0.492 e. The molecule has 0 fully saturated rings. The molecule has 2 aromatic rings. The number of carbonyl (C=O) groups is 1. The minimum absolute atomic E-state index is 0.268. The molecule has 0 spiro atoms. The fraction of sp³-hybridized carbons (Fsp3) is 0.312. The van der Waals surface area contributed by atoms with Crippen LogP contribution in [0.5, 0.6) is 5.75 Å². The summed E-state index contributed by atoms with van der Waals surface area (Å²) >= 11 is 1.83. The highest BCUT2D eigenvalue weighted by Crippen LogP contribution is 2.16. The normalized spacial score (nSPS) is 10.5. The lowest BCUT2D eigenvalue weighted by molar-refractivity contribution is 0.0697. The number of ether oxygens (including phenoxy) is 1. The van der Waals surface area contributed by atoms with Crippen LogP contribution in [0.4, 0.5) is 0 Å². The van der Waals surface area contributed by atoms with E-state index in [1.54, 1.807) is 24.3 Å². The first kappa shape index (κ1) is 15.5. The van der Waals surface area contributed by atoms with E-state index < -0.39 is 5.97 Å². The van der Waals surface area contributed by atoms with Crippen LogP contribution in [0.2, 0.25) is 0 Å². The molecule has 0 aliphatic rings. The Morgan fingerprint density at radius 2 is 1.90 bits per heavy atom. The van der Waals surface area contributed by atoms with Crippen molar-refractivity contribution in [2.24, 2.45) is 0 Å². The van der Waals surface area contributed by atoms with E-state index in [-0.39, 0.29) is 5.56 Å². The molecule has 0 saturated carbocycles. The molecule has 0 radical (unpaired) electrons. The molecule has 0 amide bonds. The van der Waals surface area contributed by atoms with Gasteiger partial charge in [-0.25, -0.2) is 4.79 Å². The van der Waals surface area contributed by atoms with Gasteiger partial charge in [0.25, 0.3) is 0 Å². The third kappa shape index (κ3) is 4.88. The fourth-order valence-electron chi connectivity index (χ4n) is 1.85. The van der Waals surface area contributed by atoms with E-state index >= 15 is 0 Å². The summed E-state index contributed by atoms with van der Waals surface area (Å²) in [5.41, 5.74) is 0.268. The Morgan fingerprint density at radius 1 is 1.19 bits per heavy atom. The predicted molar refractivity (Wildman–Crippen MR) is 84.3 cm³/mol. The van der Waals surface area contributed by atoms with Crippen molar-refractivity contribution < 1.29 is 14.6 Å². The van der Waals surface area contributed by atoms with Crippen LogP contribution in [0.1, 0.15) is 27.0 Å². The molecule has 2 N–H and O–H groups in total. The molecular weight excluding hydrogens is 286 g/mol. The van der Waals surface area contributed by atoms with Crippen molar-refractivity contribution in [2.45, 2.75) is 19.9 Å². The zero-order valence-electron chi connectivity index (χ0n) is 12.0. The van der Waals surface area contributed by atoms with Crippen molar-refractivity contribution in [1.29, 1.82) is 0 Å². The summed E-state index contributed by atoms with van der Waals surface area (Å²) < 4.78 is 5.55. The molecule has 0 bridgehead atoms. The summed E-state index contributed by atoms with van der Waals surface area (Å²) in [4.78, 5) is 13.5. The van der Waals surface area contributed by atoms with Crippen LogP contribution in [-0.2, 0) is 13.0 Å². The van der Waals surface area contributed by atoms with Crippen molar-refractivity contribution in [3.8, 4) is 5.75 Å². The Hall–Kier alpha value is -1.85. The van der Waals surface area contributed by atoms with Crippen LogP contribution in [0.25, 0.3) is 0 Å². The molecule has 4 nitrogen and oxygen atoms in total. The average Bonchev–Trinajstić information content (AvgIpc) is 2.95. The molecule has 112 valence electrons. The van der Waals surface area contributed by atoms with Gasteiger partial charge >= 0.3 is 5.97 Å². The number of carboxylic acid groups (broad SMARTS) is 1. The molecule has 0 atom stereocenters. The lowest BCUT2D eigenvalue weighted by atomic mass is 10.2. The average molecular weight is 305 g/mol. The van der Waals surface area contributed by atoms with Crippen molar-refractivity contribution in [3.05, 3.63) is 51.7 Å². The van der Waals surface area contributed by atoms with Crippen LogP contribution < -0.4 is 10.1 Å². The van der Waals surface area contributed by atoms with Crippen molar-refractivity contribution in [2.75, 3.05) is 13.2 Å². The van der Waals surface area contributed by atoms with E-state index in [1.165, 1.54) is 9.75 Å². The lowest BCUT2D eigenvalue weighted by Crippen LogP contribution is -2.20. The number of thiophene rings is 1. The summed E-state index contributed by atoms with van der Waals surface area (Å²) in [7, 11) is 0. The quantitative estimate of drug-likeness (QED) is 0.735. The number of benzene rings is 1. The maximum atomic E-state index is 10.7. The topological polar surface area (TPSA) is 58.6 Å². The predicted octanol–water partition coefficient (Wildman–Crippen LogP) is 3.18. The second-order valence-corrected chi connectivity index (χ2v) is 5.83. The molecule has 2 rings (SSSR count). The molecule has 1 aromatic carbocycles. The van der Waals surface area contributed by atoms with E-state index in [2.05, 4.69) is 24.4 Å². The maximum Gasteiger partial charge on any atom is 0.335 e. The molecular formula is C16H19NO3S. The van der Waals surface area contributed by atoms with E-state index in [0.29, 0.717) is 12.4 Å². The van der Waals surface area contributed by atoms with Gasteiger partial charge in [0, 0.05) is 22.8 Å². The fourth-order valence-corrected chi connectivity index (χ4v) is 2.78. The van der Waals surface area contributed by atoms with Crippen LogP contribution in [0.3, 0.4) is 0 Å². The monoisotopic (exact) mass is 305 g/mol. The number of carboxylic acids is 1. The van der Waals surface area contributed by atoms with Gasteiger partial charge in [-0.3, -0.25) is 0 Å². The summed E-state index contributed by atoms with van der Waals surface area (Å²) in [6.45, 7) is 4.32. The summed E-state index contributed by atoms with van der Waals surface area (Å²) in [5, 5.41) is 12.1. The van der Waals surface area contributed by atoms with Crippen molar-refractivity contribution in [1.82, 2.24) is 5.32 Å². The lowest BCUT2D eigenvalue weighted by Gasteiger charge is -2.07. The van der Waals surface area contributed by atoms with Gasteiger partial charge < -0.3 is 15.2 Å². The number of hydrogen-bond donors (Lipinski definition) is 2. The highest BCUT2D eigenvalue weighted by atomic mass is 32.1. The number of rotatable bonds is 8. The summed E-state index contributed by atoms with van der Waals surface area (Å²) in [6.07, 6.45) is 1.08. The highest BCUT2D eigenvalue weighted by molar-refractivity contribution is 7.11. The molecule has 0 saturated heterocycles. The number of aryl methyl sites for hydroxylation is 1. The first-order valence-corrected chi connectivity index (χ1v) is 7.75. The molecule has 0 unspecified atom stereocenters. The Labute approximate surface area is 128 Å². The van der Waals surface area contributed by atoms with Gasteiger partial charge in [-0.2, -0.15) is 0 Å². The molecule has 1 aromatic heterocycles. The smallest absolute Gasteiger partial charge is 0.335 e. The third-order valence-electron chi connectivity index (χ3n) is 3.01. The van der Waals surface area contributed by atoms with E-state index in [1.807, 2.05) is 11.3 Å². The second-order valence-electron chi connectivity index (χ2n) is 4.58. The maximum absolute atomic E-state index is 10.7. The Balaban J connectivity index is 1.66. The molecule has 1 heterocycles. The Kier molecular flexibility index (Phi) is 5.78. The number of aromatic carboxylic acids is 1. The highest BCUT2D eigenvalue weighted by Gasteiger charge is 2.02. The van der Waals surface area contributed by atoms with E-state index in [0.717, 1.165) is 19.5 Å². The molecule has 21 heavy (non-hydrogen) atoms. The standard InChI is InChI=1S/C16H19NO3S/c1-2-14-7-8-15(21-14)11-17-9-10-20-13-5-3-12(4-6-13)16(18)19/h3-8,17H,2,9-11H2,1H3,(H,18,19). The number of hydrogen-bond acceptors (Lipinski definition) is 4. The number of nitrogens with one attached hydrogen (secondary N) is 1. The summed E-state index contributed by atoms with van der Waals surface area (Å²) in [5.74, 6) is -0.239. The van der Waals surface area contributed by atoms with Crippen LogP contribution >= 0.6 is 11.3 Å². The minimum Gasteiger partial charge on any atom is -0.492 e. The van der Waals surface area contributed by atoms with Crippen molar-refractivity contribution >= 4 is 17.3 Å². The van der Waals surface area contributed by atoms with Gasteiger partial charge in [-0.15, -0.1) is 11.3 Å². The first-order chi connectivity index (χ1) is 10.2. The van der Waals surface area contributed by atoms with E-state index in [4.69, 9.17) is 9.84 Å². The zero-order chi connectivity index (χ0) is 15.1.